The summed E-state index contributed by atoms with van der Waals surface area (Å²) >= 11 is 2.19. The summed E-state index contributed by atoms with van der Waals surface area (Å²) in [6, 6.07) is 17.5. The number of carbonyl (C=O) groups is 2. The molecule has 0 bridgehead atoms. The minimum Gasteiger partial charge on any atom is -0.329 e. The molecule has 0 heterocycles. The molecular formula is C22H26IN3O2. The molecule has 2 rings (SSSR count). The monoisotopic (exact) mass is 491 g/mol. The van der Waals surface area contributed by atoms with Crippen molar-refractivity contribution in [2.24, 2.45) is 0 Å². The second kappa shape index (κ2) is 12.3. The highest BCUT2D eigenvalue weighted by Gasteiger charge is 2.08. The third-order valence-electron chi connectivity index (χ3n) is 4.06. The molecule has 0 aliphatic rings. The van der Waals surface area contributed by atoms with E-state index in [1.54, 1.807) is 11.0 Å². The predicted molar refractivity (Wildman–Crippen MR) is 123 cm³/mol. The molecule has 2 amide bonds. The van der Waals surface area contributed by atoms with E-state index < -0.39 is 0 Å². The number of rotatable bonds is 10. The molecule has 0 radical (unpaired) electrons. The van der Waals surface area contributed by atoms with Crippen molar-refractivity contribution in [1.29, 1.82) is 0 Å². The average molecular weight is 491 g/mol. The molecule has 5 nitrogen and oxygen atoms in total. The molecule has 148 valence electrons. The van der Waals surface area contributed by atoms with Crippen molar-refractivity contribution < 1.29 is 9.59 Å². The smallest absolute Gasteiger partial charge is 0.247 e. The highest BCUT2D eigenvalue weighted by Crippen LogP contribution is 2.09. The van der Waals surface area contributed by atoms with Gasteiger partial charge in [0.2, 0.25) is 11.8 Å². The third-order valence-corrected chi connectivity index (χ3v) is 4.89. The van der Waals surface area contributed by atoms with Crippen LogP contribution in [0.1, 0.15) is 17.5 Å². The van der Waals surface area contributed by atoms with E-state index in [0.29, 0.717) is 30.6 Å². The topological polar surface area (TPSA) is 61.4 Å². The fourth-order valence-corrected chi connectivity index (χ4v) is 3.23. The van der Waals surface area contributed by atoms with Gasteiger partial charge >= 0.3 is 0 Å². The van der Waals surface area contributed by atoms with Crippen LogP contribution in [0.25, 0.3) is 6.08 Å². The van der Waals surface area contributed by atoms with Crippen LogP contribution in [-0.4, -0.2) is 40.9 Å². The van der Waals surface area contributed by atoms with E-state index in [2.05, 4.69) is 33.2 Å². The van der Waals surface area contributed by atoms with E-state index >= 15 is 0 Å². The molecule has 0 unspecified atom stereocenters. The number of carbonyl (C=O) groups excluding carboxylic acids is 2. The molecule has 2 aromatic rings. The Morgan fingerprint density at radius 3 is 2.57 bits per heavy atom. The SMILES string of the molecule is Cc1cccc(NC(=O)CCNCCN(CI)C(=O)/C=C/c2ccccc2)c1. The molecule has 2 N–H and O–H groups in total. The fraction of sp³-hybridized carbons (Fsp3) is 0.273. The molecule has 0 atom stereocenters. The molecule has 6 heteroatoms. The zero-order chi connectivity index (χ0) is 20.2. The molecule has 28 heavy (non-hydrogen) atoms. The number of nitrogens with one attached hydrogen (secondary N) is 2. The first kappa shape index (κ1) is 22.1. The number of hydrogen-bond acceptors (Lipinski definition) is 3. The zero-order valence-electron chi connectivity index (χ0n) is 16.0. The van der Waals surface area contributed by atoms with E-state index in [0.717, 1.165) is 16.8 Å². The zero-order valence-corrected chi connectivity index (χ0v) is 18.2. The van der Waals surface area contributed by atoms with Gasteiger partial charge in [-0.15, -0.1) is 0 Å². The highest BCUT2D eigenvalue weighted by atomic mass is 127. The van der Waals surface area contributed by atoms with Crippen LogP contribution >= 0.6 is 22.6 Å². The number of benzene rings is 2. The van der Waals surface area contributed by atoms with Gasteiger partial charge in [0.05, 0.1) is 4.55 Å². The van der Waals surface area contributed by atoms with Crippen LogP contribution in [-0.2, 0) is 9.59 Å². The van der Waals surface area contributed by atoms with Gasteiger partial charge in [-0.05, 0) is 36.3 Å². The summed E-state index contributed by atoms with van der Waals surface area (Å²) in [7, 11) is 0. The van der Waals surface area contributed by atoms with Gasteiger partial charge < -0.3 is 15.5 Å². The summed E-state index contributed by atoms with van der Waals surface area (Å²) in [4.78, 5) is 26.0. The summed E-state index contributed by atoms with van der Waals surface area (Å²) in [5.41, 5.74) is 2.93. The van der Waals surface area contributed by atoms with Crippen molar-refractivity contribution in [2.45, 2.75) is 13.3 Å². The van der Waals surface area contributed by atoms with Gasteiger partial charge in [0.1, 0.15) is 0 Å². The maximum absolute atomic E-state index is 12.3. The lowest BCUT2D eigenvalue weighted by Crippen LogP contribution is -2.35. The number of amides is 2. The first-order valence-electron chi connectivity index (χ1n) is 9.23. The number of hydrogen-bond donors (Lipinski definition) is 2. The van der Waals surface area contributed by atoms with Gasteiger partial charge in [-0.25, -0.2) is 0 Å². The lowest BCUT2D eigenvalue weighted by atomic mass is 10.2. The molecule has 0 aliphatic carbocycles. The van der Waals surface area contributed by atoms with Crippen molar-refractivity contribution in [1.82, 2.24) is 10.2 Å². The molecule has 0 saturated carbocycles. The van der Waals surface area contributed by atoms with E-state index in [9.17, 15) is 9.59 Å². The Hall–Kier alpha value is -2.19. The van der Waals surface area contributed by atoms with Gasteiger partial charge in [-0.1, -0.05) is 65.1 Å². The largest absolute Gasteiger partial charge is 0.329 e. The maximum atomic E-state index is 12.3. The molecular weight excluding hydrogens is 465 g/mol. The minimum absolute atomic E-state index is 0.0164. The molecule has 0 aromatic heterocycles. The normalized spacial score (nSPS) is 10.8. The van der Waals surface area contributed by atoms with E-state index in [-0.39, 0.29) is 11.8 Å². The number of anilines is 1. The Balaban J connectivity index is 1.66. The standard InChI is InChI=1S/C22H26IN3O2/c1-18-6-5-9-20(16-18)25-21(27)12-13-24-14-15-26(17-23)22(28)11-10-19-7-3-2-4-8-19/h2-11,16,24H,12-15,17H2,1H3,(H,25,27)/b11-10+. The first-order chi connectivity index (χ1) is 13.6. The van der Waals surface area contributed by atoms with Crippen LogP contribution in [0.15, 0.2) is 60.7 Å². The van der Waals surface area contributed by atoms with Crippen LogP contribution in [0.3, 0.4) is 0 Å². The second-order valence-corrected chi connectivity index (χ2v) is 7.07. The molecule has 0 fully saturated rings. The minimum atomic E-state index is -0.0225. The Morgan fingerprint density at radius 2 is 1.86 bits per heavy atom. The lowest BCUT2D eigenvalue weighted by Gasteiger charge is -2.18. The summed E-state index contributed by atoms with van der Waals surface area (Å²) < 4.78 is 0.616. The van der Waals surface area contributed by atoms with Crippen LogP contribution in [0.2, 0.25) is 0 Å². The fourth-order valence-electron chi connectivity index (χ4n) is 2.55. The Kier molecular flexibility index (Phi) is 9.71. The van der Waals surface area contributed by atoms with Gasteiger partial charge in [0, 0.05) is 37.8 Å². The van der Waals surface area contributed by atoms with Crippen LogP contribution in [0, 0.1) is 6.92 Å². The summed E-state index contributed by atoms with van der Waals surface area (Å²) in [5.74, 6) is -0.0389. The number of nitrogens with zero attached hydrogens (tertiary/aromatic N) is 1. The Bertz CT molecular complexity index is 793. The van der Waals surface area contributed by atoms with Crippen LogP contribution in [0.5, 0.6) is 0 Å². The number of aryl methyl sites for hydroxylation is 1. The van der Waals surface area contributed by atoms with Crippen LogP contribution < -0.4 is 10.6 Å². The van der Waals surface area contributed by atoms with Crippen molar-refractivity contribution in [3.05, 3.63) is 71.8 Å². The number of halogens is 1. The van der Waals surface area contributed by atoms with E-state index in [4.69, 9.17) is 0 Å². The van der Waals surface area contributed by atoms with Crippen LogP contribution in [0.4, 0.5) is 5.69 Å². The van der Waals surface area contributed by atoms with Gasteiger partial charge in [0.15, 0.2) is 0 Å². The quantitative estimate of drug-likeness (QED) is 0.175. The molecule has 0 spiro atoms. The third kappa shape index (κ3) is 8.22. The van der Waals surface area contributed by atoms with Gasteiger partial charge in [0.25, 0.3) is 0 Å². The second-order valence-electron chi connectivity index (χ2n) is 6.38. The van der Waals surface area contributed by atoms with Crippen molar-refractivity contribution in [3.63, 3.8) is 0 Å². The van der Waals surface area contributed by atoms with Gasteiger partial charge in [-0.3, -0.25) is 9.59 Å². The van der Waals surface area contributed by atoms with Crippen molar-refractivity contribution in [3.8, 4) is 0 Å². The van der Waals surface area contributed by atoms with E-state index in [1.165, 1.54) is 0 Å². The van der Waals surface area contributed by atoms with Gasteiger partial charge in [-0.2, -0.15) is 0 Å². The Labute approximate surface area is 180 Å². The summed E-state index contributed by atoms with van der Waals surface area (Å²) in [6.07, 6.45) is 3.81. The summed E-state index contributed by atoms with van der Waals surface area (Å²) in [6.45, 7) is 3.80. The molecule has 0 aliphatic heterocycles. The first-order valence-corrected chi connectivity index (χ1v) is 10.8. The molecule has 2 aromatic carbocycles. The lowest BCUT2D eigenvalue weighted by molar-refractivity contribution is -0.124. The average Bonchev–Trinajstić information content (AvgIpc) is 2.69. The van der Waals surface area contributed by atoms with Crippen molar-refractivity contribution >= 4 is 46.2 Å². The number of alkyl halides is 1. The highest BCUT2D eigenvalue weighted by molar-refractivity contribution is 14.1. The maximum Gasteiger partial charge on any atom is 0.247 e. The summed E-state index contributed by atoms with van der Waals surface area (Å²) in [5, 5.41) is 6.12. The molecule has 0 saturated heterocycles. The Morgan fingerprint density at radius 1 is 1.07 bits per heavy atom. The van der Waals surface area contributed by atoms with E-state index in [1.807, 2.05) is 67.6 Å². The van der Waals surface area contributed by atoms with Crippen molar-refractivity contribution in [2.75, 3.05) is 29.5 Å². The predicted octanol–water partition coefficient (Wildman–Crippen LogP) is 3.85.